The van der Waals surface area contributed by atoms with Crippen LogP contribution in [0.3, 0.4) is 0 Å². The summed E-state index contributed by atoms with van der Waals surface area (Å²) in [6.45, 7) is 2.29. The van der Waals surface area contributed by atoms with Crippen LogP contribution >= 0.6 is 11.6 Å². The van der Waals surface area contributed by atoms with E-state index in [-0.39, 0.29) is 5.91 Å². The highest BCUT2D eigenvalue weighted by Gasteiger charge is 2.17. The molecule has 2 heterocycles. The molecule has 19 heavy (non-hydrogen) atoms. The van der Waals surface area contributed by atoms with Crippen molar-refractivity contribution < 1.29 is 4.79 Å². The molecule has 1 saturated heterocycles. The van der Waals surface area contributed by atoms with E-state index in [1.165, 1.54) is 6.20 Å². The average Bonchev–Trinajstić information content (AvgIpc) is 2.95. The first-order valence-electron chi connectivity index (χ1n) is 6.42. The minimum Gasteiger partial charge on any atom is -0.368 e. The summed E-state index contributed by atoms with van der Waals surface area (Å²) < 4.78 is 0. The van der Waals surface area contributed by atoms with Crippen LogP contribution in [0.5, 0.6) is 0 Å². The van der Waals surface area contributed by atoms with Gasteiger partial charge in [0.05, 0.1) is 6.20 Å². The van der Waals surface area contributed by atoms with E-state index in [1.54, 1.807) is 7.05 Å². The van der Waals surface area contributed by atoms with Gasteiger partial charge in [-0.05, 0) is 12.8 Å². The summed E-state index contributed by atoms with van der Waals surface area (Å²) in [7, 11) is 1.74. The van der Waals surface area contributed by atoms with Gasteiger partial charge in [-0.3, -0.25) is 4.79 Å². The van der Waals surface area contributed by atoms with Gasteiger partial charge in [0, 0.05) is 33.1 Å². The first-order valence-corrected chi connectivity index (χ1v) is 6.80. The molecule has 0 bridgehead atoms. The highest BCUT2D eigenvalue weighted by atomic mass is 35.5. The largest absolute Gasteiger partial charge is 0.368 e. The van der Waals surface area contributed by atoms with Crippen molar-refractivity contribution in [2.75, 3.05) is 37.3 Å². The van der Waals surface area contributed by atoms with Crippen molar-refractivity contribution in [2.45, 2.75) is 19.3 Å². The fourth-order valence-corrected chi connectivity index (χ4v) is 2.18. The lowest BCUT2D eigenvalue weighted by Gasteiger charge is -2.15. The molecule has 0 unspecified atom stereocenters. The molecule has 0 radical (unpaired) electrons. The molecular formula is C12H18ClN5O. The Morgan fingerprint density at radius 1 is 1.47 bits per heavy atom. The van der Waals surface area contributed by atoms with Crippen molar-refractivity contribution in [3.05, 3.63) is 11.2 Å². The van der Waals surface area contributed by atoms with Gasteiger partial charge in [-0.25, -0.2) is 4.98 Å². The number of halogens is 1. The number of hydrogen-bond donors (Lipinski definition) is 2. The number of carbonyl (C=O) groups excluding carboxylic acids is 1. The van der Waals surface area contributed by atoms with E-state index in [0.717, 1.165) is 25.9 Å². The van der Waals surface area contributed by atoms with Gasteiger partial charge < -0.3 is 15.5 Å². The third-order valence-electron chi connectivity index (χ3n) is 3.06. The summed E-state index contributed by atoms with van der Waals surface area (Å²) in [6, 6.07) is 0. The fourth-order valence-electron chi connectivity index (χ4n) is 2.02. The van der Waals surface area contributed by atoms with Gasteiger partial charge in [-0.1, -0.05) is 11.6 Å². The number of amides is 1. The number of aromatic nitrogens is 2. The summed E-state index contributed by atoms with van der Waals surface area (Å²) in [5.74, 6) is 1.23. The zero-order valence-corrected chi connectivity index (χ0v) is 11.7. The maximum Gasteiger partial charge on any atom is 0.224 e. The molecule has 1 aromatic heterocycles. The number of hydrogen-bond acceptors (Lipinski definition) is 5. The molecular weight excluding hydrogens is 266 g/mol. The van der Waals surface area contributed by atoms with Crippen LogP contribution in [0.1, 0.15) is 19.3 Å². The van der Waals surface area contributed by atoms with E-state index >= 15 is 0 Å². The number of anilines is 2. The highest BCUT2D eigenvalue weighted by molar-refractivity contribution is 6.32. The van der Waals surface area contributed by atoms with Crippen molar-refractivity contribution in [3.8, 4) is 0 Å². The molecule has 6 nitrogen and oxygen atoms in total. The minimum atomic E-state index is 0.184. The van der Waals surface area contributed by atoms with E-state index in [0.29, 0.717) is 29.8 Å². The quantitative estimate of drug-likeness (QED) is 0.859. The second kappa shape index (κ2) is 6.56. The Kier molecular flexibility index (Phi) is 4.79. The van der Waals surface area contributed by atoms with Gasteiger partial charge >= 0.3 is 0 Å². The van der Waals surface area contributed by atoms with Crippen molar-refractivity contribution in [2.24, 2.45) is 0 Å². The third kappa shape index (κ3) is 3.70. The van der Waals surface area contributed by atoms with Crippen LogP contribution in [0.25, 0.3) is 0 Å². The Morgan fingerprint density at radius 3 is 2.89 bits per heavy atom. The number of nitrogens with zero attached hydrogens (tertiary/aromatic N) is 3. The number of carbonyl (C=O) groups is 1. The topological polar surface area (TPSA) is 70.2 Å². The molecule has 1 amide bonds. The van der Waals surface area contributed by atoms with Gasteiger partial charge in [0.15, 0.2) is 0 Å². The van der Waals surface area contributed by atoms with Crippen molar-refractivity contribution in [3.63, 3.8) is 0 Å². The Balaban J connectivity index is 1.83. The summed E-state index contributed by atoms with van der Waals surface area (Å²) in [4.78, 5) is 21.9. The monoisotopic (exact) mass is 283 g/mol. The van der Waals surface area contributed by atoms with Crippen LogP contribution in [0.2, 0.25) is 5.02 Å². The second-order valence-electron chi connectivity index (χ2n) is 4.40. The van der Waals surface area contributed by atoms with Crippen molar-refractivity contribution >= 4 is 29.3 Å². The number of likely N-dealkylation sites (tertiary alicyclic amines) is 1. The third-order valence-corrected chi connectivity index (χ3v) is 3.33. The average molecular weight is 284 g/mol. The molecule has 104 valence electrons. The summed E-state index contributed by atoms with van der Waals surface area (Å²) in [5, 5.41) is 6.37. The number of rotatable bonds is 5. The van der Waals surface area contributed by atoms with Crippen LogP contribution < -0.4 is 10.6 Å². The van der Waals surface area contributed by atoms with Crippen LogP contribution in [-0.4, -0.2) is 47.5 Å². The van der Waals surface area contributed by atoms with Crippen LogP contribution in [0.15, 0.2) is 6.20 Å². The highest BCUT2D eigenvalue weighted by Crippen LogP contribution is 2.19. The van der Waals surface area contributed by atoms with Gasteiger partial charge in [0.1, 0.15) is 10.8 Å². The molecule has 1 fully saturated rings. The van der Waals surface area contributed by atoms with Gasteiger partial charge in [-0.15, -0.1) is 0 Å². The smallest absolute Gasteiger partial charge is 0.224 e. The molecule has 0 aromatic carbocycles. The maximum absolute atomic E-state index is 11.9. The molecule has 1 aliphatic rings. The molecule has 1 aliphatic heterocycles. The molecule has 2 rings (SSSR count). The van der Waals surface area contributed by atoms with Gasteiger partial charge in [0.25, 0.3) is 0 Å². The predicted molar refractivity (Wildman–Crippen MR) is 75.5 cm³/mol. The minimum absolute atomic E-state index is 0.184. The van der Waals surface area contributed by atoms with Crippen LogP contribution in [-0.2, 0) is 4.79 Å². The van der Waals surface area contributed by atoms with Crippen LogP contribution in [0, 0.1) is 0 Å². The SMILES string of the molecule is CNc1ncc(Cl)c(NCCC(=O)N2CCCC2)n1. The fraction of sp³-hybridized carbons (Fsp3) is 0.583. The molecule has 1 aromatic rings. The van der Waals surface area contributed by atoms with Crippen molar-refractivity contribution in [1.29, 1.82) is 0 Å². The van der Waals surface area contributed by atoms with E-state index < -0.39 is 0 Å². The number of nitrogens with one attached hydrogen (secondary N) is 2. The van der Waals surface area contributed by atoms with Crippen LogP contribution in [0.4, 0.5) is 11.8 Å². The van der Waals surface area contributed by atoms with E-state index in [4.69, 9.17) is 11.6 Å². The molecule has 2 N–H and O–H groups in total. The molecule has 0 atom stereocenters. The molecule has 0 aliphatic carbocycles. The Hall–Kier alpha value is -1.56. The summed E-state index contributed by atoms with van der Waals surface area (Å²) >= 11 is 5.98. The van der Waals surface area contributed by atoms with Gasteiger partial charge in [0.2, 0.25) is 11.9 Å². The van der Waals surface area contributed by atoms with Gasteiger partial charge in [-0.2, -0.15) is 4.98 Å². The molecule has 7 heteroatoms. The summed E-state index contributed by atoms with van der Waals surface area (Å²) in [6.07, 6.45) is 4.21. The van der Waals surface area contributed by atoms with E-state index in [9.17, 15) is 4.79 Å². The summed E-state index contributed by atoms with van der Waals surface area (Å²) in [5.41, 5.74) is 0. The molecule has 0 saturated carbocycles. The standard InChI is InChI=1S/C12H18ClN5O/c1-14-12-16-8-9(13)11(17-12)15-5-4-10(19)18-6-2-3-7-18/h8H,2-7H2,1H3,(H2,14,15,16,17). The zero-order chi connectivity index (χ0) is 13.7. The maximum atomic E-state index is 11.9. The first-order chi connectivity index (χ1) is 9.20. The Morgan fingerprint density at radius 2 is 2.21 bits per heavy atom. The Bertz CT molecular complexity index is 448. The normalized spacial score (nSPS) is 14.5. The second-order valence-corrected chi connectivity index (χ2v) is 4.81. The van der Waals surface area contributed by atoms with Crippen molar-refractivity contribution in [1.82, 2.24) is 14.9 Å². The van der Waals surface area contributed by atoms with E-state index in [2.05, 4.69) is 20.6 Å². The lowest BCUT2D eigenvalue weighted by molar-refractivity contribution is -0.129. The lowest BCUT2D eigenvalue weighted by atomic mass is 10.3. The predicted octanol–water partition coefficient (Wildman–Crippen LogP) is 1.60. The lowest BCUT2D eigenvalue weighted by Crippen LogP contribution is -2.29. The molecule has 0 spiro atoms. The van der Waals surface area contributed by atoms with E-state index in [1.807, 2.05) is 4.90 Å². The Labute approximate surface area is 117 Å². The first kappa shape index (κ1) is 13.9. The zero-order valence-electron chi connectivity index (χ0n) is 10.9.